The summed E-state index contributed by atoms with van der Waals surface area (Å²) >= 11 is 1.06. The fourth-order valence-electron chi connectivity index (χ4n) is 1.47. The van der Waals surface area contributed by atoms with Crippen LogP contribution in [-0.2, 0) is 14.8 Å². The summed E-state index contributed by atoms with van der Waals surface area (Å²) in [6.45, 7) is 1.22. The van der Waals surface area contributed by atoms with E-state index in [1.54, 1.807) is 19.1 Å². The minimum Gasteiger partial charge on any atom is -0.482 e. The summed E-state index contributed by atoms with van der Waals surface area (Å²) in [7, 11) is -3.71. The van der Waals surface area contributed by atoms with Gasteiger partial charge in [-0.2, -0.15) is 0 Å². The minimum absolute atomic E-state index is 0.108. The number of aliphatic carboxylic acids is 1. The Morgan fingerprint density at radius 3 is 2.86 bits per heavy atom. The van der Waals surface area contributed by atoms with Gasteiger partial charge in [-0.3, -0.25) is 4.72 Å². The summed E-state index contributed by atoms with van der Waals surface area (Å²) < 4.78 is 31.7. The summed E-state index contributed by atoms with van der Waals surface area (Å²) in [5.41, 5.74) is 0.281. The Labute approximate surface area is 125 Å². The lowest BCUT2D eigenvalue weighted by Gasteiger charge is -2.08. The zero-order valence-electron chi connectivity index (χ0n) is 10.9. The van der Waals surface area contributed by atoms with Crippen LogP contribution in [0.2, 0.25) is 0 Å². The topological polar surface area (TPSA) is 106 Å². The average Bonchev–Trinajstić information content (AvgIpc) is 2.84. The van der Waals surface area contributed by atoms with Crippen molar-refractivity contribution < 1.29 is 23.1 Å². The Kier molecular flexibility index (Phi) is 4.43. The van der Waals surface area contributed by atoms with Crippen molar-refractivity contribution in [2.75, 3.05) is 11.3 Å². The summed E-state index contributed by atoms with van der Waals surface area (Å²) in [6.07, 6.45) is 1.28. The predicted molar refractivity (Wildman–Crippen MR) is 77.2 cm³/mol. The van der Waals surface area contributed by atoms with E-state index in [0.717, 1.165) is 11.3 Å². The summed E-state index contributed by atoms with van der Waals surface area (Å²) in [5, 5.41) is 9.19. The molecule has 112 valence electrons. The van der Waals surface area contributed by atoms with Gasteiger partial charge in [-0.25, -0.2) is 18.2 Å². The molecule has 0 fully saturated rings. The van der Waals surface area contributed by atoms with Gasteiger partial charge in [0, 0.05) is 6.07 Å². The highest BCUT2D eigenvalue weighted by atomic mass is 32.2. The summed E-state index contributed by atoms with van der Waals surface area (Å²) in [4.78, 5) is 14.3. The molecule has 21 heavy (non-hydrogen) atoms. The van der Waals surface area contributed by atoms with Gasteiger partial charge in [0.2, 0.25) is 0 Å². The molecular formula is C12H12N2O5S2. The molecule has 1 aromatic heterocycles. The van der Waals surface area contributed by atoms with Gasteiger partial charge in [-0.15, -0.1) is 11.3 Å². The average molecular weight is 328 g/mol. The molecule has 2 aromatic rings. The van der Waals surface area contributed by atoms with Gasteiger partial charge in [-0.05, 0) is 19.1 Å². The standard InChI is InChI=1S/C12H12N2O5S2/c1-8-13-6-12(20-8)21(17,18)14-9-3-2-4-10(5-9)19-7-11(15)16/h2-6,14H,7H2,1H3,(H,15,16). The van der Waals surface area contributed by atoms with E-state index in [1.165, 1.54) is 18.3 Å². The van der Waals surface area contributed by atoms with Crippen molar-refractivity contribution in [2.24, 2.45) is 0 Å². The number of rotatable bonds is 6. The predicted octanol–water partition coefficient (Wildman–Crippen LogP) is 1.72. The van der Waals surface area contributed by atoms with Gasteiger partial charge >= 0.3 is 5.97 Å². The van der Waals surface area contributed by atoms with E-state index in [0.29, 0.717) is 5.01 Å². The molecule has 0 aliphatic heterocycles. The second kappa shape index (κ2) is 6.10. The maximum absolute atomic E-state index is 12.1. The Morgan fingerprint density at radius 1 is 1.48 bits per heavy atom. The maximum atomic E-state index is 12.1. The third kappa shape index (κ3) is 4.17. The quantitative estimate of drug-likeness (QED) is 0.836. The van der Waals surface area contributed by atoms with Crippen molar-refractivity contribution >= 4 is 33.0 Å². The number of carbonyl (C=O) groups is 1. The lowest BCUT2D eigenvalue weighted by atomic mass is 10.3. The number of hydrogen-bond donors (Lipinski definition) is 2. The van der Waals surface area contributed by atoms with E-state index in [2.05, 4.69) is 9.71 Å². The minimum atomic E-state index is -3.71. The molecular weight excluding hydrogens is 316 g/mol. The molecule has 1 heterocycles. The van der Waals surface area contributed by atoms with Crippen LogP contribution >= 0.6 is 11.3 Å². The van der Waals surface area contributed by atoms with E-state index >= 15 is 0 Å². The first kappa shape index (κ1) is 15.3. The van der Waals surface area contributed by atoms with E-state index in [4.69, 9.17) is 9.84 Å². The van der Waals surface area contributed by atoms with E-state index < -0.39 is 22.6 Å². The number of nitrogens with one attached hydrogen (secondary N) is 1. The highest BCUT2D eigenvalue weighted by Gasteiger charge is 2.17. The number of anilines is 1. The molecule has 7 nitrogen and oxygen atoms in total. The molecule has 0 unspecified atom stereocenters. The Morgan fingerprint density at radius 2 is 2.24 bits per heavy atom. The van der Waals surface area contributed by atoms with Crippen LogP contribution in [0.1, 0.15) is 5.01 Å². The molecule has 0 aliphatic rings. The first-order valence-electron chi connectivity index (χ1n) is 5.77. The number of ether oxygens (including phenoxy) is 1. The van der Waals surface area contributed by atoms with Crippen molar-refractivity contribution in [3.05, 3.63) is 35.5 Å². The largest absolute Gasteiger partial charge is 0.482 e. The SMILES string of the molecule is Cc1ncc(S(=O)(=O)Nc2cccc(OCC(=O)O)c2)s1. The molecule has 0 aliphatic carbocycles. The molecule has 9 heteroatoms. The fourth-order valence-corrected chi connectivity index (χ4v) is 3.62. The number of sulfonamides is 1. The molecule has 0 spiro atoms. The lowest BCUT2D eigenvalue weighted by Crippen LogP contribution is -2.12. The second-order valence-electron chi connectivity index (χ2n) is 4.01. The number of carboxylic acids is 1. The molecule has 0 amide bonds. The Hall–Kier alpha value is -2.13. The number of carboxylic acid groups (broad SMARTS) is 1. The Bertz CT molecular complexity index is 755. The van der Waals surface area contributed by atoms with Crippen molar-refractivity contribution in [1.82, 2.24) is 4.98 Å². The summed E-state index contributed by atoms with van der Waals surface area (Å²) in [5.74, 6) is -0.848. The first-order chi connectivity index (χ1) is 9.87. The molecule has 0 bridgehead atoms. The molecule has 2 N–H and O–H groups in total. The van der Waals surface area contributed by atoms with Crippen molar-refractivity contribution in [1.29, 1.82) is 0 Å². The number of aromatic nitrogens is 1. The van der Waals surface area contributed by atoms with Crippen molar-refractivity contribution in [3.8, 4) is 5.75 Å². The highest BCUT2D eigenvalue weighted by Crippen LogP contribution is 2.23. The van der Waals surface area contributed by atoms with Crippen LogP contribution in [-0.4, -0.2) is 31.1 Å². The fraction of sp³-hybridized carbons (Fsp3) is 0.167. The van der Waals surface area contributed by atoms with Gasteiger partial charge < -0.3 is 9.84 Å². The van der Waals surface area contributed by atoms with Crippen LogP contribution in [0, 0.1) is 6.92 Å². The van der Waals surface area contributed by atoms with E-state index in [-0.39, 0.29) is 15.6 Å². The van der Waals surface area contributed by atoms with Crippen molar-refractivity contribution in [2.45, 2.75) is 11.1 Å². The van der Waals surface area contributed by atoms with Crippen molar-refractivity contribution in [3.63, 3.8) is 0 Å². The molecule has 1 aromatic carbocycles. The third-order valence-electron chi connectivity index (χ3n) is 2.31. The highest BCUT2D eigenvalue weighted by molar-refractivity contribution is 7.94. The van der Waals surface area contributed by atoms with Crippen LogP contribution in [0.3, 0.4) is 0 Å². The lowest BCUT2D eigenvalue weighted by molar-refractivity contribution is -0.139. The molecule has 2 rings (SSSR count). The molecule has 0 atom stereocenters. The molecule has 0 radical (unpaired) electrons. The van der Waals surface area contributed by atoms with Gasteiger partial charge in [0.1, 0.15) is 5.75 Å². The normalized spacial score (nSPS) is 11.1. The van der Waals surface area contributed by atoms with E-state index in [1.807, 2.05) is 0 Å². The number of benzene rings is 1. The van der Waals surface area contributed by atoms with Crippen LogP contribution < -0.4 is 9.46 Å². The van der Waals surface area contributed by atoms with Crippen LogP contribution in [0.15, 0.2) is 34.7 Å². The van der Waals surface area contributed by atoms with Crippen LogP contribution in [0.25, 0.3) is 0 Å². The zero-order valence-corrected chi connectivity index (χ0v) is 12.6. The number of nitrogens with zero attached hydrogens (tertiary/aromatic N) is 1. The van der Waals surface area contributed by atoms with Gasteiger partial charge in [0.25, 0.3) is 10.0 Å². The van der Waals surface area contributed by atoms with Gasteiger partial charge in [0.15, 0.2) is 10.8 Å². The summed E-state index contributed by atoms with van der Waals surface area (Å²) in [6, 6.07) is 6.05. The van der Waals surface area contributed by atoms with Gasteiger partial charge in [0.05, 0.1) is 16.9 Å². The van der Waals surface area contributed by atoms with E-state index in [9.17, 15) is 13.2 Å². The zero-order chi connectivity index (χ0) is 15.5. The maximum Gasteiger partial charge on any atom is 0.341 e. The smallest absolute Gasteiger partial charge is 0.341 e. The molecule has 0 saturated carbocycles. The van der Waals surface area contributed by atoms with Crippen LogP contribution in [0.4, 0.5) is 5.69 Å². The number of aryl methyl sites for hydroxylation is 1. The number of hydrogen-bond acceptors (Lipinski definition) is 6. The molecule has 0 saturated heterocycles. The number of thiazole rings is 1. The third-order valence-corrected chi connectivity index (χ3v) is 5.07. The van der Waals surface area contributed by atoms with Crippen LogP contribution in [0.5, 0.6) is 5.75 Å². The monoisotopic (exact) mass is 328 g/mol. The first-order valence-corrected chi connectivity index (χ1v) is 8.07. The second-order valence-corrected chi connectivity index (χ2v) is 7.16. The van der Waals surface area contributed by atoms with Gasteiger partial charge in [-0.1, -0.05) is 6.07 Å². The Balaban J connectivity index is 2.16.